The molecule has 29 heavy (non-hydrogen) atoms. The maximum absolute atomic E-state index is 13.1. The van der Waals surface area contributed by atoms with E-state index in [4.69, 9.17) is 5.73 Å². The van der Waals surface area contributed by atoms with Crippen LogP contribution in [0.1, 0.15) is 28.0 Å². The lowest BCUT2D eigenvalue weighted by atomic mass is 10.0. The molecule has 2 rings (SSSR count). The van der Waals surface area contributed by atoms with Crippen LogP contribution < -0.4 is 5.73 Å². The van der Waals surface area contributed by atoms with Crippen molar-refractivity contribution in [3.8, 4) is 23.1 Å². The van der Waals surface area contributed by atoms with E-state index in [2.05, 4.69) is 16.8 Å². The highest BCUT2D eigenvalue weighted by Crippen LogP contribution is 2.32. The number of aliphatic hydroxyl groups is 1. The molecule has 0 radical (unpaired) electrons. The molecular weight excluding hydrogens is 387 g/mol. The van der Waals surface area contributed by atoms with Crippen LogP contribution in [0.15, 0.2) is 36.4 Å². The Kier molecular flexibility index (Phi) is 6.96. The van der Waals surface area contributed by atoms with Crippen molar-refractivity contribution in [3.05, 3.63) is 53.2 Å². The van der Waals surface area contributed by atoms with Crippen LogP contribution in [0.3, 0.4) is 0 Å². The molecule has 1 atom stereocenters. The van der Waals surface area contributed by atoms with Crippen LogP contribution in [0.2, 0.25) is 0 Å². The Morgan fingerprint density at radius 2 is 2.07 bits per heavy atom. The third-order valence-electron chi connectivity index (χ3n) is 3.88. The number of hydrogen-bond donors (Lipinski definition) is 2. The van der Waals surface area contributed by atoms with Gasteiger partial charge < -0.3 is 15.7 Å². The summed E-state index contributed by atoms with van der Waals surface area (Å²) in [6.07, 6.45) is -4.77. The number of primary amides is 1. The molecule has 0 saturated heterocycles. The molecule has 2 aromatic rings. The number of nitrogens with zero attached hydrogens (tertiary/aromatic N) is 2. The largest absolute Gasteiger partial charge is 0.416 e. The van der Waals surface area contributed by atoms with Gasteiger partial charge in [0.25, 0.3) is 5.91 Å². The van der Waals surface area contributed by atoms with Gasteiger partial charge in [-0.1, -0.05) is 24.0 Å². The molecule has 0 aliphatic rings. The van der Waals surface area contributed by atoms with Crippen LogP contribution in [0.4, 0.5) is 13.2 Å². The van der Waals surface area contributed by atoms with E-state index < -0.39 is 29.4 Å². The van der Waals surface area contributed by atoms with Crippen molar-refractivity contribution in [1.29, 1.82) is 0 Å². The molecule has 1 heterocycles. The molecule has 1 aromatic carbocycles. The molecule has 6 nitrogen and oxygen atoms in total. The molecule has 2 amide bonds. The second-order valence-electron chi connectivity index (χ2n) is 6.23. The number of carbonyl (C=O) groups is 2. The summed E-state index contributed by atoms with van der Waals surface area (Å²) in [5.41, 5.74) is 4.22. The van der Waals surface area contributed by atoms with Crippen LogP contribution >= 0.6 is 0 Å². The second-order valence-corrected chi connectivity index (χ2v) is 6.23. The number of aromatic nitrogens is 1. The molecule has 0 bridgehead atoms. The summed E-state index contributed by atoms with van der Waals surface area (Å²) in [6.45, 7) is 0.323. The fourth-order valence-corrected chi connectivity index (χ4v) is 2.34. The van der Waals surface area contributed by atoms with Gasteiger partial charge in [-0.25, -0.2) is 4.98 Å². The first-order valence-electron chi connectivity index (χ1n) is 8.45. The fraction of sp³-hybridized carbons (Fsp3) is 0.250. The Bertz CT molecular complexity index is 965. The monoisotopic (exact) mass is 405 g/mol. The van der Waals surface area contributed by atoms with Crippen molar-refractivity contribution < 1.29 is 27.9 Å². The van der Waals surface area contributed by atoms with E-state index in [0.717, 1.165) is 6.07 Å². The van der Waals surface area contributed by atoms with E-state index in [1.807, 2.05) is 0 Å². The number of benzene rings is 1. The number of hydrogen-bond acceptors (Lipinski definition) is 4. The standard InChI is InChI=1S/C20H18F3N3O3/c1-26(12-27)8-7-16(28)6-5-13-3-2-4-14(9-13)17-10-15(20(21,22)23)11-18(25-17)19(24)29/h2-4,9-12,16,28H,7-8H2,1H3,(H2,24,29)/t16-/m0/s1. The van der Waals surface area contributed by atoms with Crippen molar-refractivity contribution >= 4 is 12.3 Å². The zero-order valence-corrected chi connectivity index (χ0v) is 15.4. The van der Waals surface area contributed by atoms with Crippen molar-refractivity contribution in [2.75, 3.05) is 13.6 Å². The number of alkyl halides is 3. The highest BCUT2D eigenvalue weighted by atomic mass is 19.4. The zero-order valence-electron chi connectivity index (χ0n) is 15.4. The molecule has 9 heteroatoms. The SMILES string of the molecule is CN(C=O)CC[C@@H](O)C#Cc1cccc(-c2cc(C(F)(F)F)cc(C(N)=O)n2)c1. The summed E-state index contributed by atoms with van der Waals surface area (Å²) in [5.74, 6) is 4.27. The third-order valence-corrected chi connectivity index (χ3v) is 3.88. The van der Waals surface area contributed by atoms with Crippen molar-refractivity contribution in [3.63, 3.8) is 0 Å². The van der Waals surface area contributed by atoms with Crippen LogP contribution in [0.5, 0.6) is 0 Å². The fourth-order valence-electron chi connectivity index (χ4n) is 2.34. The predicted octanol–water partition coefficient (Wildman–Crippen LogP) is 2.06. The Labute approximate surface area is 165 Å². The Hall–Kier alpha value is -3.38. The van der Waals surface area contributed by atoms with Gasteiger partial charge in [0.05, 0.1) is 11.3 Å². The first kappa shape index (κ1) is 21.9. The summed E-state index contributed by atoms with van der Waals surface area (Å²) in [7, 11) is 1.57. The van der Waals surface area contributed by atoms with Gasteiger partial charge in [0.2, 0.25) is 6.41 Å². The molecular formula is C20H18F3N3O3. The molecule has 0 fully saturated rings. The van der Waals surface area contributed by atoms with Crippen LogP contribution in [-0.2, 0) is 11.0 Å². The minimum absolute atomic E-state index is 0.0783. The lowest BCUT2D eigenvalue weighted by molar-refractivity contribution is -0.137. The van der Waals surface area contributed by atoms with Gasteiger partial charge in [-0.05, 0) is 24.3 Å². The van der Waals surface area contributed by atoms with Crippen LogP contribution in [0.25, 0.3) is 11.3 Å². The van der Waals surface area contributed by atoms with E-state index in [1.165, 1.54) is 17.0 Å². The maximum Gasteiger partial charge on any atom is 0.416 e. The summed E-state index contributed by atoms with van der Waals surface area (Å²) < 4.78 is 39.3. The number of pyridine rings is 1. The molecule has 1 aromatic heterocycles. The molecule has 0 aliphatic heterocycles. The van der Waals surface area contributed by atoms with Gasteiger partial charge in [0.1, 0.15) is 11.8 Å². The van der Waals surface area contributed by atoms with Gasteiger partial charge in [-0.15, -0.1) is 0 Å². The third kappa shape index (κ3) is 6.33. The van der Waals surface area contributed by atoms with E-state index >= 15 is 0 Å². The molecule has 0 unspecified atom stereocenters. The topological polar surface area (TPSA) is 96.5 Å². The molecule has 0 aliphatic carbocycles. The van der Waals surface area contributed by atoms with E-state index in [1.54, 1.807) is 19.2 Å². The average Bonchev–Trinajstić information content (AvgIpc) is 2.69. The van der Waals surface area contributed by atoms with Gasteiger partial charge >= 0.3 is 6.18 Å². The normalized spacial score (nSPS) is 11.9. The van der Waals surface area contributed by atoms with E-state index in [0.29, 0.717) is 30.1 Å². The number of carbonyl (C=O) groups excluding carboxylic acids is 2. The molecule has 0 spiro atoms. The van der Waals surface area contributed by atoms with E-state index in [9.17, 15) is 27.9 Å². The van der Waals surface area contributed by atoms with Gasteiger partial charge in [0.15, 0.2) is 0 Å². The highest BCUT2D eigenvalue weighted by molar-refractivity contribution is 5.91. The lowest BCUT2D eigenvalue weighted by Gasteiger charge is -2.11. The van der Waals surface area contributed by atoms with Crippen LogP contribution in [-0.4, -0.2) is 47.0 Å². The average molecular weight is 405 g/mol. The summed E-state index contributed by atoms with van der Waals surface area (Å²) in [4.78, 5) is 27.1. The summed E-state index contributed by atoms with van der Waals surface area (Å²) >= 11 is 0. The zero-order chi connectivity index (χ0) is 21.6. The number of nitrogens with two attached hydrogens (primary N) is 1. The summed E-state index contributed by atoms with van der Waals surface area (Å²) in [5, 5.41) is 9.86. The molecule has 152 valence electrons. The number of aliphatic hydroxyl groups excluding tert-OH is 1. The predicted molar refractivity (Wildman–Crippen MR) is 99.4 cm³/mol. The number of rotatable bonds is 6. The number of amides is 2. The quantitative estimate of drug-likeness (QED) is 0.568. The van der Waals surface area contributed by atoms with Gasteiger partial charge in [-0.2, -0.15) is 13.2 Å². The number of halogens is 3. The van der Waals surface area contributed by atoms with Crippen LogP contribution in [0, 0.1) is 11.8 Å². The highest BCUT2D eigenvalue weighted by Gasteiger charge is 2.32. The first-order chi connectivity index (χ1) is 13.6. The first-order valence-corrected chi connectivity index (χ1v) is 8.45. The smallest absolute Gasteiger partial charge is 0.380 e. The van der Waals surface area contributed by atoms with Crippen molar-refractivity contribution in [2.45, 2.75) is 18.7 Å². The van der Waals surface area contributed by atoms with Gasteiger partial charge in [-0.3, -0.25) is 9.59 Å². The Morgan fingerprint density at radius 1 is 1.34 bits per heavy atom. The van der Waals surface area contributed by atoms with E-state index in [-0.39, 0.29) is 12.1 Å². The Morgan fingerprint density at radius 3 is 2.69 bits per heavy atom. The van der Waals surface area contributed by atoms with Crippen molar-refractivity contribution in [1.82, 2.24) is 9.88 Å². The van der Waals surface area contributed by atoms with Crippen molar-refractivity contribution in [2.24, 2.45) is 5.73 Å². The molecule has 0 saturated carbocycles. The minimum Gasteiger partial charge on any atom is -0.380 e. The molecule has 3 N–H and O–H groups in total. The maximum atomic E-state index is 13.1. The second kappa shape index (κ2) is 9.21. The van der Waals surface area contributed by atoms with Gasteiger partial charge in [0, 0.05) is 31.1 Å². The summed E-state index contributed by atoms with van der Waals surface area (Å²) in [6, 6.07) is 7.62. The minimum atomic E-state index is -4.67. The lowest BCUT2D eigenvalue weighted by Crippen LogP contribution is -2.21. The Balaban J connectivity index is 2.32.